The molecule has 0 fully saturated rings. The lowest BCUT2D eigenvalue weighted by Crippen LogP contribution is -2.33. The van der Waals surface area contributed by atoms with E-state index in [9.17, 15) is 24.5 Å². The van der Waals surface area contributed by atoms with Crippen LogP contribution in [0, 0.1) is 10.1 Å². The summed E-state index contributed by atoms with van der Waals surface area (Å²) in [6.07, 6.45) is 0. The van der Waals surface area contributed by atoms with Crippen LogP contribution >= 0.6 is 11.3 Å². The van der Waals surface area contributed by atoms with E-state index in [1.807, 2.05) is 0 Å². The van der Waals surface area contributed by atoms with E-state index in [2.05, 4.69) is 0 Å². The smallest absolute Gasteiger partial charge is 0.348 e. The summed E-state index contributed by atoms with van der Waals surface area (Å²) in [5, 5.41) is 11.4. The number of nitro benzene ring substituents is 1. The Morgan fingerprint density at radius 1 is 1.07 bits per heavy atom. The number of carbonyl (C=O) groups excluding carboxylic acids is 3. The fourth-order valence-electron chi connectivity index (χ4n) is 2.99. The summed E-state index contributed by atoms with van der Waals surface area (Å²) >= 11 is 1.15. The topological polar surface area (TPSA) is 107 Å². The molecule has 2 heterocycles. The molecule has 0 atom stereocenters. The minimum Gasteiger partial charge on any atom is -0.460 e. The van der Waals surface area contributed by atoms with Crippen molar-refractivity contribution >= 4 is 44.9 Å². The number of non-ortho nitro benzene ring substituents is 1. The first-order valence-electron chi connectivity index (χ1n) is 8.26. The number of esters is 1. The number of thiophene rings is 1. The van der Waals surface area contributed by atoms with Gasteiger partial charge in [0.05, 0.1) is 22.6 Å². The van der Waals surface area contributed by atoms with E-state index in [0.29, 0.717) is 16.5 Å². The molecule has 0 bridgehead atoms. The lowest BCUT2D eigenvalue weighted by molar-refractivity contribution is -0.384. The van der Waals surface area contributed by atoms with E-state index in [1.165, 1.54) is 18.2 Å². The molecule has 140 valence electrons. The normalized spacial score (nSPS) is 13.1. The number of hydrogen-bond acceptors (Lipinski definition) is 7. The van der Waals surface area contributed by atoms with Crippen molar-refractivity contribution in [1.82, 2.24) is 4.90 Å². The van der Waals surface area contributed by atoms with Gasteiger partial charge in [-0.2, -0.15) is 0 Å². The monoisotopic (exact) mass is 396 g/mol. The van der Waals surface area contributed by atoms with Gasteiger partial charge in [0.1, 0.15) is 11.5 Å². The van der Waals surface area contributed by atoms with Gasteiger partial charge in [0.15, 0.2) is 0 Å². The highest BCUT2D eigenvalue weighted by Gasteiger charge is 2.34. The first-order chi connectivity index (χ1) is 13.5. The van der Waals surface area contributed by atoms with Crippen molar-refractivity contribution in [2.24, 2.45) is 0 Å². The van der Waals surface area contributed by atoms with Crippen LogP contribution in [-0.2, 0) is 4.74 Å². The van der Waals surface area contributed by atoms with Gasteiger partial charge in [0, 0.05) is 22.2 Å². The average molecular weight is 396 g/mol. The third kappa shape index (κ3) is 3.01. The van der Waals surface area contributed by atoms with Crippen molar-refractivity contribution in [2.75, 3.05) is 13.2 Å². The number of ether oxygens (including phenoxy) is 1. The minimum atomic E-state index is -0.611. The molecular formula is C19H12N2O6S. The molecule has 2 aromatic carbocycles. The zero-order chi connectivity index (χ0) is 19.8. The Hall–Kier alpha value is -3.59. The SMILES string of the molecule is O=C(OCCN1C(=O)c2ccccc2C1=O)c1cc2cc([N+](=O)[O-])ccc2s1. The maximum absolute atomic E-state index is 12.3. The lowest BCUT2D eigenvalue weighted by Gasteiger charge is -2.13. The molecule has 28 heavy (non-hydrogen) atoms. The molecule has 3 aromatic rings. The van der Waals surface area contributed by atoms with Crippen LogP contribution in [-0.4, -0.2) is 40.8 Å². The number of rotatable bonds is 5. The number of nitrogens with zero attached hydrogens (tertiary/aromatic N) is 2. The van der Waals surface area contributed by atoms with Crippen LogP contribution in [0.15, 0.2) is 48.5 Å². The Morgan fingerprint density at radius 3 is 2.39 bits per heavy atom. The largest absolute Gasteiger partial charge is 0.460 e. The molecule has 0 saturated carbocycles. The maximum atomic E-state index is 12.3. The molecule has 0 N–H and O–H groups in total. The van der Waals surface area contributed by atoms with Gasteiger partial charge in [-0.15, -0.1) is 11.3 Å². The number of amides is 2. The fourth-order valence-corrected chi connectivity index (χ4v) is 3.92. The van der Waals surface area contributed by atoms with Crippen LogP contribution in [0.3, 0.4) is 0 Å². The highest BCUT2D eigenvalue weighted by Crippen LogP contribution is 2.29. The number of nitro groups is 1. The van der Waals surface area contributed by atoms with Crippen LogP contribution < -0.4 is 0 Å². The molecule has 0 unspecified atom stereocenters. The molecule has 9 heteroatoms. The standard InChI is InChI=1S/C19H12N2O6S/c22-17-13-3-1-2-4-14(13)18(23)20(17)7-8-27-19(24)16-10-11-9-12(21(25)26)5-6-15(11)28-16/h1-6,9-10H,7-8H2. The van der Waals surface area contributed by atoms with Crippen molar-refractivity contribution in [2.45, 2.75) is 0 Å². The van der Waals surface area contributed by atoms with Crippen molar-refractivity contribution in [1.29, 1.82) is 0 Å². The molecule has 0 radical (unpaired) electrons. The minimum absolute atomic E-state index is 0.0472. The van der Waals surface area contributed by atoms with Crippen molar-refractivity contribution in [3.05, 3.63) is 74.6 Å². The Labute approximate surface area is 162 Å². The van der Waals surface area contributed by atoms with E-state index in [0.717, 1.165) is 20.9 Å². The third-order valence-corrected chi connectivity index (χ3v) is 5.43. The Kier molecular flexibility index (Phi) is 4.36. The molecule has 0 aliphatic carbocycles. The van der Waals surface area contributed by atoms with E-state index < -0.39 is 22.7 Å². The van der Waals surface area contributed by atoms with Gasteiger partial charge in [-0.05, 0) is 24.3 Å². The molecule has 1 aliphatic rings. The van der Waals surface area contributed by atoms with Crippen LogP contribution in [0.4, 0.5) is 5.69 Å². The summed E-state index contributed by atoms with van der Waals surface area (Å²) in [5.41, 5.74) is 0.616. The average Bonchev–Trinajstić information content (AvgIpc) is 3.22. The second-order valence-corrected chi connectivity index (χ2v) is 7.12. The first-order valence-corrected chi connectivity index (χ1v) is 9.07. The third-order valence-electron chi connectivity index (χ3n) is 4.34. The maximum Gasteiger partial charge on any atom is 0.348 e. The summed E-state index contributed by atoms with van der Waals surface area (Å²) < 4.78 is 5.90. The lowest BCUT2D eigenvalue weighted by atomic mass is 10.1. The molecule has 1 aromatic heterocycles. The van der Waals surface area contributed by atoms with Crippen LogP contribution in [0.5, 0.6) is 0 Å². The van der Waals surface area contributed by atoms with Gasteiger partial charge in [-0.3, -0.25) is 24.6 Å². The van der Waals surface area contributed by atoms with Crippen LogP contribution in [0.25, 0.3) is 10.1 Å². The van der Waals surface area contributed by atoms with Gasteiger partial charge in [-0.25, -0.2) is 4.79 Å². The molecule has 1 aliphatic heterocycles. The van der Waals surface area contributed by atoms with Gasteiger partial charge in [0.25, 0.3) is 17.5 Å². The Morgan fingerprint density at radius 2 is 1.75 bits per heavy atom. The zero-order valence-corrected chi connectivity index (χ0v) is 15.1. The molecule has 2 amide bonds. The van der Waals surface area contributed by atoms with E-state index in [1.54, 1.807) is 30.3 Å². The number of fused-ring (bicyclic) bond motifs is 2. The van der Waals surface area contributed by atoms with Crippen LogP contribution in [0.2, 0.25) is 0 Å². The molecule has 0 spiro atoms. The van der Waals surface area contributed by atoms with E-state index in [-0.39, 0.29) is 23.7 Å². The molecule has 0 saturated heterocycles. The summed E-state index contributed by atoms with van der Waals surface area (Å²) in [7, 11) is 0. The van der Waals surface area contributed by atoms with Crippen LogP contribution in [0.1, 0.15) is 30.4 Å². The van der Waals surface area contributed by atoms with Crippen molar-refractivity contribution < 1.29 is 24.0 Å². The summed E-state index contributed by atoms with van der Waals surface area (Å²) in [6.45, 7) is -0.187. The van der Waals surface area contributed by atoms with Gasteiger partial charge in [0.2, 0.25) is 0 Å². The predicted octanol–water partition coefficient (Wildman–Crippen LogP) is 3.26. The summed E-state index contributed by atoms with van der Waals surface area (Å²) in [4.78, 5) is 48.5. The zero-order valence-electron chi connectivity index (χ0n) is 14.3. The summed E-state index contributed by atoms with van der Waals surface area (Å²) in [6, 6.07) is 12.4. The molecule has 8 nitrogen and oxygen atoms in total. The second kappa shape index (κ2) is 6.86. The Bertz CT molecular complexity index is 1120. The van der Waals surface area contributed by atoms with Crippen molar-refractivity contribution in [3.8, 4) is 0 Å². The van der Waals surface area contributed by atoms with E-state index in [4.69, 9.17) is 4.74 Å². The number of benzene rings is 2. The molecular weight excluding hydrogens is 384 g/mol. The predicted molar refractivity (Wildman–Crippen MR) is 101 cm³/mol. The van der Waals surface area contributed by atoms with Gasteiger partial charge < -0.3 is 4.74 Å². The van der Waals surface area contributed by atoms with E-state index >= 15 is 0 Å². The molecule has 4 rings (SSSR count). The number of carbonyl (C=O) groups is 3. The van der Waals surface area contributed by atoms with Gasteiger partial charge >= 0.3 is 5.97 Å². The summed E-state index contributed by atoms with van der Waals surface area (Å²) in [5.74, 6) is -1.43. The Balaban J connectivity index is 1.41. The fraction of sp³-hybridized carbons (Fsp3) is 0.105. The highest BCUT2D eigenvalue weighted by atomic mass is 32.1. The highest BCUT2D eigenvalue weighted by molar-refractivity contribution is 7.20. The first kappa shape index (κ1) is 17.8. The number of hydrogen-bond donors (Lipinski definition) is 0. The second-order valence-electron chi connectivity index (χ2n) is 6.03. The quantitative estimate of drug-likeness (QED) is 0.284. The van der Waals surface area contributed by atoms with Crippen molar-refractivity contribution in [3.63, 3.8) is 0 Å². The number of imide groups is 1. The van der Waals surface area contributed by atoms with Gasteiger partial charge in [-0.1, -0.05) is 12.1 Å².